The van der Waals surface area contributed by atoms with E-state index < -0.39 is 5.91 Å². The number of nitriles is 1. The highest BCUT2D eigenvalue weighted by molar-refractivity contribution is 5.98. The van der Waals surface area contributed by atoms with Crippen LogP contribution in [0, 0.1) is 11.3 Å². The number of rotatable bonds is 7. The highest BCUT2D eigenvalue weighted by Gasteiger charge is 2.20. The number of amides is 1. The summed E-state index contributed by atoms with van der Waals surface area (Å²) in [4.78, 5) is 27.4. The smallest absolute Gasteiger partial charge is 0.248 e. The van der Waals surface area contributed by atoms with Gasteiger partial charge in [0, 0.05) is 53.9 Å². The van der Waals surface area contributed by atoms with Crippen molar-refractivity contribution < 1.29 is 4.79 Å². The standard InChI is InChI=1S/C33H29N7O/c34-20-31-36-15-12-30(39-31)37-27-13-16-40(17-14-27)21-22-6-8-24(9-7-22)32-28(23-4-2-1-3-5-23)18-25-10-11-26(33(35)41)19-29(25)38-32/h1-12,15,18-19,27H,13-14,16-17,21H2,(H2,35,41)(H,36,37,39). The number of primary amides is 1. The fourth-order valence-electron chi connectivity index (χ4n) is 5.34. The summed E-state index contributed by atoms with van der Waals surface area (Å²) in [5.41, 5.74) is 12.0. The molecule has 0 radical (unpaired) electrons. The van der Waals surface area contributed by atoms with Crippen molar-refractivity contribution in [2.75, 3.05) is 18.4 Å². The van der Waals surface area contributed by atoms with Crippen molar-refractivity contribution in [1.82, 2.24) is 19.9 Å². The van der Waals surface area contributed by atoms with Crippen molar-refractivity contribution in [2.24, 2.45) is 5.73 Å². The number of aromatic nitrogens is 3. The zero-order valence-electron chi connectivity index (χ0n) is 22.5. The lowest BCUT2D eigenvalue weighted by molar-refractivity contribution is 0.100. The Kier molecular flexibility index (Phi) is 7.35. The number of anilines is 1. The number of carbonyl (C=O) groups excluding carboxylic acids is 1. The molecule has 8 nitrogen and oxygen atoms in total. The molecular formula is C33H29N7O. The molecule has 1 amide bonds. The molecule has 1 aliphatic heterocycles. The number of likely N-dealkylation sites (tertiary alicyclic amines) is 1. The molecule has 0 atom stereocenters. The Bertz CT molecular complexity index is 1740. The second-order valence-corrected chi connectivity index (χ2v) is 10.3. The van der Waals surface area contributed by atoms with Gasteiger partial charge in [0.05, 0.1) is 11.2 Å². The van der Waals surface area contributed by atoms with Crippen LogP contribution in [0.5, 0.6) is 0 Å². The Morgan fingerprint density at radius 1 is 0.951 bits per heavy atom. The van der Waals surface area contributed by atoms with E-state index in [4.69, 9.17) is 16.0 Å². The van der Waals surface area contributed by atoms with Gasteiger partial charge in [-0.1, -0.05) is 60.7 Å². The quantitative estimate of drug-likeness (QED) is 0.284. The monoisotopic (exact) mass is 539 g/mol. The highest BCUT2D eigenvalue weighted by Crippen LogP contribution is 2.34. The van der Waals surface area contributed by atoms with Crippen LogP contribution < -0.4 is 11.1 Å². The Balaban J connectivity index is 1.18. The Morgan fingerprint density at radius 3 is 2.46 bits per heavy atom. The van der Waals surface area contributed by atoms with Gasteiger partial charge in [-0.05, 0) is 48.2 Å². The third kappa shape index (κ3) is 5.91. The highest BCUT2D eigenvalue weighted by atomic mass is 16.1. The topological polar surface area (TPSA) is 121 Å². The fourth-order valence-corrected chi connectivity index (χ4v) is 5.34. The summed E-state index contributed by atoms with van der Waals surface area (Å²) in [6.07, 6.45) is 3.61. The molecule has 1 fully saturated rings. The van der Waals surface area contributed by atoms with Crippen molar-refractivity contribution in [1.29, 1.82) is 5.26 Å². The number of nitrogens with zero attached hydrogens (tertiary/aromatic N) is 5. The third-order valence-corrected chi connectivity index (χ3v) is 7.52. The number of fused-ring (bicyclic) bond motifs is 1. The molecule has 6 rings (SSSR count). The summed E-state index contributed by atoms with van der Waals surface area (Å²) >= 11 is 0. The maximum absolute atomic E-state index is 11.8. The summed E-state index contributed by atoms with van der Waals surface area (Å²) < 4.78 is 0. The van der Waals surface area contributed by atoms with Gasteiger partial charge in [-0.25, -0.2) is 15.0 Å². The molecular weight excluding hydrogens is 510 g/mol. The van der Waals surface area contributed by atoms with Crippen LogP contribution in [0.1, 0.15) is 34.6 Å². The minimum absolute atomic E-state index is 0.182. The predicted octanol–water partition coefficient (Wildman–Crippen LogP) is 5.41. The van der Waals surface area contributed by atoms with E-state index in [-0.39, 0.29) is 5.82 Å². The lowest BCUT2D eigenvalue weighted by Crippen LogP contribution is -2.38. The molecule has 1 saturated heterocycles. The van der Waals surface area contributed by atoms with E-state index in [9.17, 15) is 4.79 Å². The Hall–Kier alpha value is -5.13. The van der Waals surface area contributed by atoms with E-state index in [2.05, 4.69) is 62.6 Å². The average Bonchev–Trinajstić information content (AvgIpc) is 3.02. The van der Waals surface area contributed by atoms with E-state index >= 15 is 0 Å². The van der Waals surface area contributed by atoms with Crippen molar-refractivity contribution >= 4 is 22.6 Å². The van der Waals surface area contributed by atoms with Gasteiger partial charge in [-0.15, -0.1) is 0 Å². The molecule has 0 saturated carbocycles. The first-order valence-electron chi connectivity index (χ1n) is 13.7. The van der Waals surface area contributed by atoms with Gasteiger partial charge < -0.3 is 11.1 Å². The van der Waals surface area contributed by atoms with Gasteiger partial charge in [0.1, 0.15) is 11.9 Å². The molecule has 3 heterocycles. The molecule has 3 N–H and O–H groups in total. The second-order valence-electron chi connectivity index (χ2n) is 10.3. The van der Waals surface area contributed by atoms with Gasteiger partial charge >= 0.3 is 0 Å². The lowest BCUT2D eigenvalue weighted by atomic mass is 9.96. The van der Waals surface area contributed by atoms with E-state index in [1.165, 1.54) is 5.56 Å². The molecule has 0 aliphatic carbocycles. The first-order valence-corrected chi connectivity index (χ1v) is 13.7. The van der Waals surface area contributed by atoms with Crippen LogP contribution in [-0.4, -0.2) is 44.9 Å². The lowest BCUT2D eigenvalue weighted by Gasteiger charge is -2.32. The summed E-state index contributed by atoms with van der Waals surface area (Å²) in [5.74, 6) is 0.420. The number of benzene rings is 3. The van der Waals surface area contributed by atoms with Gasteiger partial charge in [0.25, 0.3) is 0 Å². The van der Waals surface area contributed by atoms with Crippen molar-refractivity contribution in [2.45, 2.75) is 25.4 Å². The van der Waals surface area contributed by atoms with Gasteiger partial charge in [0.15, 0.2) is 0 Å². The van der Waals surface area contributed by atoms with Crippen LogP contribution >= 0.6 is 0 Å². The van der Waals surface area contributed by atoms with Crippen LogP contribution in [0.4, 0.5) is 5.82 Å². The minimum atomic E-state index is -0.464. The fraction of sp³-hybridized carbons (Fsp3) is 0.182. The molecule has 0 unspecified atom stereocenters. The SMILES string of the molecule is N#Cc1nccc(NC2CCN(Cc3ccc(-c4nc5cc(C(N)=O)ccc5cc4-c4ccccc4)cc3)CC2)n1. The van der Waals surface area contributed by atoms with E-state index in [1.807, 2.05) is 30.3 Å². The molecule has 0 bridgehead atoms. The summed E-state index contributed by atoms with van der Waals surface area (Å²) in [6.45, 7) is 2.82. The molecule has 5 aromatic rings. The minimum Gasteiger partial charge on any atom is -0.367 e. The van der Waals surface area contributed by atoms with Crippen molar-refractivity contribution in [3.8, 4) is 28.5 Å². The molecule has 8 heteroatoms. The van der Waals surface area contributed by atoms with E-state index in [1.54, 1.807) is 24.4 Å². The largest absolute Gasteiger partial charge is 0.367 e. The van der Waals surface area contributed by atoms with Crippen molar-refractivity contribution in [3.63, 3.8) is 0 Å². The number of hydrogen-bond donors (Lipinski definition) is 2. The van der Waals surface area contributed by atoms with Crippen LogP contribution in [0.2, 0.25) is 0 Å². The summed E-state index contributed by atoms with van der Waals surface area (Å²) in [6, 6.07) is 30.5. The summed E-state index contributed by atoms with van der Waals surface area (Å²) in [7, 11) is 0. The number of piperidine rings is 1. The zero-order chi connectivity index (χ0) is 28.2. The van der Waals surface area contributed by atoms with Gasteiger partial charge in [-0.2, -0.15) is 5.26 Å². The predicted molar refractivity (Wildman–Crippen MR) is 160 cm³/mol. The zero-order valence-corrected chi connectivity index (χ0v) is 22.5. The molecule has 41 heavy (non-hydrogen) atoms. The molecule has 2 aromatic heterocycles. The maximum Gasteiger partial charge on any atom is 0.248 e. The van der Waals surface area contributed by atoms with Crippen molar-refractivity contribution in [3.05, 3.63) is 108 Å². The summed E-state index contributed by atoms with van der Waals surface area (Å²) in [5, 5.41) is 13.4. The van der Waals surface area contributed by atoms with Crippen LogP contribution in [0.15, 0.2) is 91.1 Å². The third-order valence-electron chi connectivity index (χ3n) is 7.52. The van der Waals surface area contributed by atoms with E-state index in [0.29, 0.717) is 17.4 Å². The van der Waals surface area contributed by atoms with Crippen LogP contribution in [-0.2, 0) is 6.54 Å². The molecule has 0 spiro atoms. The second kappa shape index (κ2) is 11.5. The normalized spacial score (nSPS) is 14.0. The molecule has 202 valence electrons. The average molecular weight is 540 g/mol. The van der Waals surface area contributed by atoms with Gasteiger partial charge in [0.2, 0.25) is 11.7 Å². The van der Waals surface area contributed by atoms with Crippen LogP contribution in [0.3, 0.4) is 0 Å². The maximum atomic E-state index is 11.8. The Labute approximate surface area is 238 Å². The first kappa shape index (κ1) is 26.1. The Morgan fingerprint density at radius 2 is 1.73 bits per heavy atom. The van der Waals surface area contributed by atoms with Gasteiger partial charge in [-0.3, -0.25) is 9.69 Å². The first-order chi connectivity index (χ1) is 20.1. The number of carbonyl (C=O) groups is 1. The molecule has 3 aromatic carbocycles. The van der Waals surface area contributed by atoms with Crippen LogP contribution in [0.25, 0.3) is 33.3 Å². The number of pyridine rings is 1. The van der Waals surface area contributed by atoms with E-state index in [0.717, 1.165) is 65.8 Å². The number of hydrogen-bond acceptors (Lipinski definition) is 7. The molecule has 1 aliphatic rings. The number of nitrogens with one attached hydrogen (secondary N) is 1. The number of nitrogens with two attached hydrogens (primary N) is 1.